The Hall–Kier alpha value is -3.08. The Kier molecular flexibility index (Phi) is 8.84. The largest absolute Gasteiger partial charge is 0.325 e. The average Bonchev–Trinajstić information content (AvgIpc) is 2.91. The Balaban J connectivity index is 1.62. The smallest absolute Gasteiger partial charge is 0.324 e. The molecule has 1 unspecified atom stereocenters. The molecular formula is C30H33N2O3P. The SMILES string of the molecule is O=P(O)(O)CCCNC(c1ccccc1)(c1ccc(CCCc2ccccc2)cc1)c1ccccn1. The van der Waals surface area contributed by atoms with E-state index in [0.29, 0.717) is 13.0 Å². The van der Waals surface area contributed by atoms with Crippen LogP contribution in [0.2, 0.25) is 0 Å². The first-order chi connectivity index (χ1) is 17.5. The summed E-state index contributed by atoms with van der Waals surface area (Å²) in [6.07, 6.45) is 5.09. The van der Waals surface area contributed by atoms with Crippen molar-refractivity contribution >= 4 is 7.60 Å². The van der Waals surface area contributed by atoms with Gasteiger partial charge >= 0.3 is 7.60 Å². The molecule has 4 aromatic rings. The first-order valence-corrected chi connectivity index (χ1v) is 14.2. The number of hydrogen-bond donors (Lipinski definition) is 3. The monoisotopic (exact) mass is 500 g/mol. The lowest BCUT2D eigenvalue weighted by atomic mass is 9.79. The molecule has 3 N–H and O–H groups in total. The second-order valence-electron chi connectivity index (χ2n) is 9.04. The minimum Gasteiger partial charge on any atom is -0.324 e. The molecule has 186 valence electrons. The number of rotatable bonds is 12. The van der Waals surface area contributed by atoms with Gasteiger partial charge in [-0.3, -0.25) is 14.9 Å². The zero-order chi connectivity index (χ0) is 25.3. The van der Waals surface area contributed by atoms with Gasteiger partial charge in [0.15, 0.2) is 0 Å². The van der Waals surface area contributed by atoms with Gasteiger partial charge in [0.25, 0.3) is 0 Å². The zero-order valence-corrected chi connectivity index (χ0v) is 21.2. The highest BCUT2D eigenvalue weighted by Gasteiger charge is 2.37. The highest BCUT2D eigenvalue weighted by Crippen LogP contribution is 2.37. The van der Waals surface area contributed by atoms with Gasteiger partial charge in [0.05, 0.1) is 11.9 Å². The third-order valence-electron chi connectivity index (χ3n) is 6.43. The van der Waals surface area contributed by atoms with Crippen molar-refractivity contribution in [3.63, 3.8) is 0 Å². The van der Waals surface area contributed by atoms with E-state index >= 15 is 0 Å². The summed E-state index contributed by atoms with van der Waals surface area (Å²) in [5.74, 6) is 0. The van der Waals surface area contributed by atoms with Crippen molar-refractivity contribution in [3.05, 3.63) is 137 Å². The van der Waals surface area contributed by atoms with Crippen molar-refractivity contribution in [1.82, 2.24) is 10.3 Å². The molecule has 36 heavy (non-hydrogen) atoms. The lowest BCUT2D eigenvalue weighted by Crippen LogP contribution is -2.46. The van der Waals surface area contributed by atoms with E-state index in [4.69, 9.17) is 4.98 Å². The van der Waals surface area contributed by atoms with Gasteiger partial charge in [-0.1, -0.05) is 91.0 Å². The zero-order valence-electron chi connectivity index (χ0n) is 20.3. The van der Waals surface area contributed by atoms with Crippen molar-refractivity contribution in [2.75, 3.05) is 12.7 Å². The van der Waals surface area contributed by atoms with Crippen LogP contribution >= 0.6 is 7.60 Å². The van der Waals surface area contributed by atoms with Crippen molar-refractivity contribution in [3.8, 4) is 0 Å². The molecular weight excluding hydrogens is 467 g/mol. The van der Waals surface area contributed by atoms with Crippen molar-refractivity contribution in [1.29, 1.82) is 0 Å². The van der Waals surface area contributed by atoms with E-state index in [9.17, 15) is 14.4 Å². The highest BCUT2D eigenvalue weighted by atomic mass is 31.2. The molecule has 0 aliphatic carbocycles. The van der Waals surface area contributed by atoms with E-state index in [2.05, 4.69) is 66.0 Å². The van der Waals surface area contributed by atoms with Crippen LogP contribution in [0.15, 0.2) is 109 Å². The number of hydrogen-bond acceptors (Lipinski definition) is 3. The molecule has 0 saturated carbocycles. The van der Waals surface area contributed by atoms with Crippen molar-refractivity contribution in [2.24, 2.45) is 0 Å². The molecule has 0 aliphatic heterocycles. The van der Waals surface area contributed by atoms with Crippen molar-refractivity contribution in [2.45, 2.75) is 31.2 Å². The third-order valence-corrected chi connectivity index (χ3v) is 7.33. The fourth-order valence-corrected chi connectivity index (χ4v) is 5.22. The maximum Gasteiger partial charge on any atom is 0.325 e. The van der Waals surface area contributed by atoms with Crippen LogP contribution in [0.3, 0.4) is 0 Å². The Morgan fingerprint density at radius 1 is 0.694 bits per heavy atom. The summed E-state index contributed by atoms with van der Waals surface area (Å²) in [6.45, 7) is 0.426. The van der Waals surface area contributed by atoms with Gasteiger partial charge < -0.3 is 9.79 Å². The van der Waals surface area contributed by atoms with E-state index in [1.165, 1.54) is 11.1 Å². The number of aryl methyl sites for hydroxylation is 2. The minimum absolute atomic E-state index is 0.159. The number of nitrogens with zero attached hydrogens (tertiary/aromatic N) is 1. The van der Waals surface area contributed by atoms with E-state index in [1.807, 2.05) is 42.5 Å². The Bertz CT molecular complexity index is 1200. The molecule has 1 heterocycles. The molecule has 1 aromatic heterocycles. The van der Waals surface area contributed by atoms with Crippen LogP contribution in [0.4, 0.5) is 0 Å². The van der Waals surface area contributed by atoms with Gasteiger partial charge in [-0.05, 0) is 66.6 Å². The lowest BCUT2D eigenvalue weighted by molar-refractivity contribution is 0.369. The Labute approximate surface area is 213 Å². The quantitative estimate of drug-likeness (QED) is 0.172. The third kappa shape index (κ3) is 6.77. The van der Waals surface area contributed by atoms with Gasteiger partial charge in [-0.25, -0.2) is 0 Å². The van der Waals surface area contributed by atoms with Crippen LogP contribution in [0.1, 0.15) is 40.8 Å². The Morgan fingerprint density at radius 3 is 1.89 bits per heavy atom. The van der Waals surface area contributed by atoms with Crippen molar-refractivity contribution < 1.29 is 14.4 Å². The lowest BCUT2D eigenvalue weighted by Gasteiger charge is -2.36. The number of benzene rings is 3. The van der Waals surface area contributed by atoms with Crippen LogP contribution in [0.5, 0.6) is 0 Å². The number of pyridine rings is 1. The predicted molar refractivity (Wildman–Crippen MR) is 145 cm³/mol. The van der Waals surface area contributed by atoms with E-state index < -0.39 is 13.1 Å². The molecule has 6 heteroatoms. The van der Waals surface area contributed by atoms with Crippen LogP contribution in [0.25, 0.3) is 0 Å². The number of aromatic nitrogens is 1. The summed E-state index contributed by atoms with van der Waals surface area (Å²) in [4.78, 5) is 23.4. The van der Waals surface area contributed by atoms with E-state index in [0.717, 1.165) is 36.1 Å². The maximum absolute atomic E-state index is 11.4. The van der Waals surface area contributed by atoms with Crippen LogP contribution < -0.4 is 5.32 Å². The summed E-state index contributed by atoms with van der Waals surface area (Å²) in [7, 11) is -4.06. The molecule has 0 bridgehead atoms. The molecule has 0 saturated heterocycles. The first kappa shape index (κ1) is 26.0. The summed E-state index contributed by atoms with van der Waals surface area (Å²) in [6, 6.07) is 35.2. The van der Waals surface area contributed by atoms with Gasteiger partial charge in [0.1, 0.15) is 5.54 Å². The van der Waals surface area contributed by atoms with Gasteiger partial charge in [0.2, 0.25) is 0 Å². The molecule has 0 spiro atoms. The Morgan fingerprint density at radius 2 is 1.28 bits per heavy atom. The van der Waals surface area contributed by atoms with Gasteiger partial charge in [-0.2, -0.15) is 0 Å². The molecule has 0 amide bonds. The van der Waals surface area contributed by atoms with Crippen LogP contribution in [0, 0.1) is 0 Å². The molecule has 3 aromatic carbocycles. The highest BCUT2D eigenvalue weighted by molar-refractivity contribution is 7.51. The van der Waals surface area contributed by atoms with E-state index in [1.54, 1.807) is 6.20 Å². The normalized spacial score (nSPS) is 13.3. The first-order valence-electron chi connectivity index (χ1n) is 12.4. The molecule has 0 radical (unpaired) electrons. The molecule has 4 rings (SSSR count). The van der Waals surface area contributed by atoms with Gasteiger partial charge in [0, 0.05) is 6.20 Å². The average molecular weight is 501 g/mol. The van der Waals surface area contributed by atoms with E-state index in [-0.39, 0.29) is 6.16 Å². The molecule has 0 aliphatic rings. The summed E-state index contributed by atoms with van der Waals surface area (Å²) in [5, 5.41) is 3.63. The van der Waals surface area contributed by atoms with Crippen LogP contribution in [-0.2, 0) is 22.9 Å². The summed E-state index contributed by atoms with van der Waals surface area (Å²) in [5.41, 5.74) is 4.78. The fourth-order valence-electron chi connectivity index (χ4n) is 4.65. The molecule has 0 fully saturated rings. The van der Waals surface area contributed by atoms with Gasteiger partial charge in [-0.15, -0.1) is 0 Å². The topological polar surface area (TPSA) is 82.5 Å². The summed E-state index contributed by atoms with van der Waals surface area (Å²) < 4.78 is 11.4. The maximum atomic E-state index is 11.4. The molecule has 1 atom stereocenters. The standard InChI is InChI=1S/C30H33N2O3P/c33-36(34,35)24-10-23-32-30(27-15-5-2-6-16-27,29-17-7-8-22-31-29)28-20-18-26(19-21-28)14-9-13-25-11-3-1-4-12-25/h1-8,11-12,15-22,32H,9-10,13-14,23-24H2,(H2,33,34,35). The fraction of sp³-hybridized carbons (Fsp3) is 0.233. The second kappa shape index (κ2) is 12.2. The molecule has 5 nitrogen and oxygen atoms in total. The number of nitrogens with one attached hydrogen (secondary N) is 1. The predicted octanol–water partition coefficient (Wildman–Crippen LogP) is 5.71. The van der Waals surface area contributed by atoms with Crippen LogP contribution in [-0.4, -0.2) is 27.5 Å². The minimum atomic E-state index is -4.06. The second-order valence-corrected chi connectivity index (χ2v) is 10.8. The summed E-state index contributed by atoms with van der Waals surface area (Å²) >= 11 is 0.